The molecule has 2 aromatic rings. The Labute approximate surface area is 212 Å². The molecule has 4 unspecified atom stereocenters. The van der Waals surface area contributed by atoms with E-state index in [1.165, 1.54) is 19.1 Å². The number of carboxylic acid groups (broad SMARTS) is 2. The van der Waals surface area contributed by atoms with Crippen molar-refractivity contribution in [3.63, 3.8) is 0 Å². The van der Waals surface area contributed by atoms with Gasteiger partial charge < -0.3 is 37.0 Å². The molecule has 0 aliphatic heterocycles. The molecule has 0 radical (unpaired) electrons. The molecule has 0 bridgehead atoms. The quantitative estimate of drug-likeness (QED) is 0.184. The summed E-state index contributed by atoms with van der Waals surface area (Å²) < 4.78 is 0. The van der Waals surface area contributed by atoms with Gasteiger partial charge in [0, 0.05) is 6.42 Å². The van der Waals surface area contributed by atoms with Crippen LogP contribution in [0.1, 0.15) is 24.5 Å². The number of nitrogens with one attached hydrogen (secondary N) is 3. The zero-order valence-corrected chi connectivity index (χ0v) is 20.1. The number of rotatable bonds is 13. The molecule has 0 fully saturated rings. The van der Waals surface area contributed by atoms with Crippen LogP contribution in [-0.2, 0) is 36.8 Å². The van der Waals surface area contributed by atoms with Crippen LogP contribution in [0.5, 0.6) is 5.75 Å². The molecule has 198 valence electrons. The molecule has 0 aliphatic rings. The number of amides is 3. The molecule has 4 atom stereocenters. The van der Waals surface area contributed by atoms with Crippen molar-refractivity contribution >= 4 is 29.7 Å². The van der Waals surface area contributed by atoms with E-state index < -0.39 is 60.2 Å². The number of hydrogen-bond acceptors (Lipinski definition) is 7. The van der Waals surface area contributed by atoms with E-state index in [9.17, 15) is 39.3 Å². The Bertz CT molecular complexity index is 1110. The van der Waals surface area contributed by atoms with Gasteiger partial charge in [-0.1, -0.05) is 42.5 Å². The molecule has 0 saturated carbocycles. The van der Waals surface area contributed by atoms with Crippen LogP contribution in [0, 0.1) is 0 Å². The highest BCUT2D eigenvalue weighted by Crippen LogP contribution is 2.11. The van der Waals surface area contributed by atoms with Gasteiger partial charge in [-0.05, 0) is 36.6 Å². The fourth-order valence-corrected chi connectivity index (χ4v) is 3.37. The second kappa shape index (κ2) is 13.6. The molecule has 3 amide bonds. The topological polar surface area (TPSA) is 208 Å². The normalized spacial score (nSPS) is 13.9. The molecule has 2 aromatic carbocycles. The van der Waals surface area contributed by atoms with Crippen LogP contribution in [-0.4, -0.2) is 69.1 Å². The lowest BCUT2D eigenvalue weighted by atomic mass is 10.0. The molecule has 0 spiro atoms. The summed E-state index contributed by atoms with van der Waals surface area (Å²) in [4.78, 5) is 60.7. The number of carbonyl (C=O) groups is 5. The summed E-state index contributed by atoms with van der Waals surface area (Å²) in [5.41, 5.74) is 7.21. The highest BCUT2D eigenvalue weighted by Gasteiger charge is 2.30. The average molecular weight is 515 g/mol. The van der Waals surface area contributed by atoms with Gasteiger partial charge in [-0.25, -0.2) is 4.79 Å². The lowest BCUT2D eigenvalue weighted by Crippen LogP contribution is -2.57. The maximum Gasteiger partial charge on any atom is 0.326 e. The van der Waals surface area contributed by atoms with Crippen molar-refractivity contribution < 1.29 is 39.3 Å². The Balaban J connectivity index is 1.99. The van der Waals surface area contributed by atoms with Gasteiger partial charge in [0.2, 0.25) is 17.7 Å². The minimum atomic E-state index is -1.59. The molecule has 12 heteroatoms. The van der Waals surface area contributed by atoms with Crippen molar-refractivity contribution in [1.29, 1.82) is 0 Å². The lowest BCUT2D eigenvalue weighted by Gasteiger charge is -2.23. The fraction of sp³-hybridized carbons (Fsp3) is 0.320. The van der Waals surface area contributed by atoms with Gasteiger partial charge in [-0.2, -0.15) is 0 Å². The summed E-state index contributed by atoms with van der Waals surface area (Å²) in [7, 11) is 0. The largest absolute Gasteiger partial charge is 0.508 e. The number of aromatic hydroxyl groups is 1. The second-order valence-corrected chi connectivity index (χ2v) is 8.46. The molecular weight excluding hydrogens is 484 g/mol. The van der Waals surface area contributed by atoms with Crippen molar-refractivity contribution in [2.24, 2.45) is 5.73 Å². The van der Waals surface area contributed by atoms with E-state index in [-0.39, 0.29) is 18.6 Å². The third-order valence-corrected chi connectivity index (χ3v) is 5.39. The van der Waals surface area contributed by atoms with Crippen molar-refractivity contribution in [3.05, 3.63) is 65.7 Å². The Morgan fingerprint density at radius 3 is 1.89 bits per heavy atom. The predicted octanol–water partition coefficient (Wildman–Crippen LogP) is -0.462. The van der Waals surface area contributed by atoms with Crippen LogP contribution in [0.4, 0.5) is 0 Å². The third-order valence-electron chi connectivity index (χ3n) is 5.39. The van der Waals surface area contributed by atoms with E-state index in [4.69, 9.17) is 5.73 Å². The number of carbonyl (C=O) groups excluding carboxylic acids is 3. The Hall–Kier alpha value is -4.45. The van der Waals surface area contributed by atoms with Gasteiger partial charge in [0.05, 0.1) is 12.5 Å². The Morgan fingerprint density at radius 2 is 1.32 bits per heavy atom. The van der Waals surface area contributed by atoms with Crippen LogP contribution in [0.15, 0.2) is 54.6 Å². The molecule has 0 heterocycles. The number of phenols is 1. The minimum absolute atomic E-state index is 0.0545. The Kier molecular flexibility index (Phi) is 10.6. The van der Waals surface area contributed by atoms with Crippen LogP contribution >= 0.6 is 0 Å². The number of nitrogens with two attached hydrogens (primary N) is 1. The summed E-state index contributed by atoms with van der Waals surface area (Å²) in [6, 6.07) is 9.43. The molecule has 37 heavy (non-hydrogen) atoms. The summed E-state index contributed by atoms with van der Waals surface area (Å²) in [6.45, 7) is 1.33. The number of carboxylic acids is 2. The average Bonchev–Trinajstić information content (AvgIpc) is 2.84. The number of phenolic OH excluding ortho intramolecular Hbond substituents is 1. The first-order chi connectivity index (χ1) is 17.5. The first-order valence-electron chi connectivity index (χ1n) is 11.4. The van der Waals surface area contributed by atoms with E-state index in [0.29, 0.717) is 11.1 Å². The number of aliphatic carboxylic acids is 2. The SMILES string of the molecule is CC(NC(=O)C(N)Cc1ccc(O)cc1)C(=O)NC(CC(=O)O)C(=O)NC(Cc1ccccc1)C(=O)O. The van der Waals surface area contributed by atoms with Crippen LogP contribution in [0.3, 0.4) is 0 Å². The van der Waals surface area contributed by atoms with Gasteiger partial charge in [-0.3, -0.25) is 19.2 Å². The zero-order chi connectivity index (χ0) is 27.5. The van der Waals surface area contributed by atoms with E-state index in [1.54, 1.807) is 42.5 Å². The molecule has 12 nitrogen and oxygen atoms in total. The maximum absolute atomic E-state index is 12.7. The van der Waals surface area contributed by atoms with Gasteiger partial charge in [0.25, 0.3) is 0 Å². The van der Waals surface area contributed by atoms with Crippen molar-refractivity contribution in [1.82, 2.24) is 16.0 Å². The molecule has 8 N–H and O–H groups in total. The second-order valence-electron chi connectivity index (χ2n) is 8.46. The molecule has 0 aliphatic carbocycles. The summed E-state index contributed by atoms with van der Waals surface area (Å²) in [5, 5.41) is 34.9. The minimum Gasteiger partial charge on any atom is -0.508 e. The van der Waals surface area contributed by atoms with E-state index in [2.05, 4.69) is 16.0 Å². The number of hydrogen-bond donors (Lipinski definition) is 7. The van der Waals surface area contributed by atoms with E-state index >= 15 is 0 Å². The van der Waals surface area contributed by atoms with Gasteiger partial charge >= 0.3 is 11.9 Å². The van der Waals surface area contributed by atoms with Gasteiger partial charge in [0.15, 0.2) is 0 Å². The van der Waals surface area contributed by atoms with Crippen molar-refractivity contribution in [3.8, 4) is 5.75 Å². The molecule has 0 saturated heterocycles. The first-order valence-corrected chi connectivity index (χ1v) is 11.4. The molecule has 0 aromatic heterocycles. The predicted molar refractivity (Wildman–Crippen MR) is 131 cm³/mol. The first kappa shape index (κ1) is 28.8. The van der Waals surface area contributed by atoms with E-state index in [0.717, 1.165) is 0 Å². The highest BCUT2D eigenvalue weighted by atomic mass is 16.4. The monoisotopic (exact) mass is 514 g/mol. The smallest absolute Gasteiger partial charge is 0.326 e. The summed E-state index contributed by atoms with van der Waals surface area (Å²) >= 11 is 0. The van der Waals surface area contributed by atoms with Crippen LogP contribution in [0.25, 0.3) is 0 Å². The Morgan fingerprint density at radius 1 is 0.757 bits per heavy atom. The standard InChI is InChI=1S/C25H30N4O8/c1-14(27-23(34)18(26)11-16-7-9-17(30)10-8-16)22(33)28-19(13-21(31)32)24(35)29-20(25(36)37)12-15-5-3-2-4-6-15/h2-10,14,18-20,30H,11-13,26H2,1H3,(H,27,34)(H,28,33)(H,29,35)(H,31,32)(H,36,37). The van der Waals surface area contributed by atoms with Crippen LogP contribution < -0.4 is 21.7 Å². The lowest BCUT2D eigenvalue weighted by molar-refractivity contribution is -0.143. The third kappa shape index (κ3) is 9.61. The fourth-order valence-electron chi connectivity index (χ4n) is 3.37. The van der Waals surface area contributed by atoms with Gasteiger partial charge in [-0.15, -0.1) is 0 Å². The summed E-state index contributed by atoms with van der Waals surface area (Å²) in [5.74, 6) is -5.20. The van der Waals surface area contributed by atoms with Crippen LogP contribution in [0.2, 0.25) is 0 Å². The highest BCUT2D eigenvalue weighted by molar-refractivity contribution is 5.95. The van der Waals surface area contributed by atoms with E-state index in [1.807, 2.05) is 0 Å². The maximum atomic E-state index is 12.7. The number of benzene rings is 2. The molecular formula is C25H30N4O8. The zero-order valence-electron chi connectivity index (χ0n) is 20.1. The summed E-state index contributed by atoms with van der Waals surface area (Å²) in [6.07, 6.45) is -0.736. The molecule has 2 rings (SSSR count). The van der Waals surface area contributed by atoms with Gasteiger partial charge in [0.1, 0.15) is 23.9 Å². The van der Waals surface area contributed by atoms with Crippen molar-refractivity contribution in [2.75, 3.05) is 0 Å². The van der Waals surface area contributed by atoms with Crippen molar-refractivity contribution in [2.45, 2.75) is 50.4 Å².